The van der Waals surface area contributed by atoms with E-state index in [0.717, 1.165) is 5.16 Å². The lowest BCUT2D eigenvalue weighted by molar-refractivity contribution is 1.22. The molecule has 0 fully saturated rings. The molecule has 0 atom stereocenters. The molecule has 0 radical (unpaired) electrons. The molecule has 0 aromatic carbocycles. The van der Waals surface area contributed by atoms with E-state index in [1.54, 1.807) is 5.30 Å². The van der Waals surface area contributed by atoms with E-state index in [0.29, 0.717) is 0 Å². The molecule has 0 unspecified atom stereocenters. The van der Waals surface area contributed by atoms with Crippen molar-refractivity contribution in [2.45, 2.75) is 44.4 Å². The van der Waals surface area contributed by atoms with E-state index in [2.05, 4.69) is 63.3 Å². The molecule has 1 aromatic heterocycles. The van der Waals surface area contributed by atoms with Gasteiger partial charge in [0.05, 0.1) is 0 Å². The fraction of sp³-hybridized carbons (Fsp3) is 0.583. The summed E-state index contributed by atoms with van der Waals surface area (Å²) < 4.78 is 0. The minimum Gasteiger partial charge on any atom is -0.0732 e. The highest BCUT2D eigenvalue weighted by molar-refractivity contribution is 7.31. The SMILES string of the molecule is C[Si](C)(C)C(c1ccccp1)[Si](C)(C)C. The largest absolute Gasteiger partial charge is 0.0732 e. The molecule has 0 N–H and O–H groups in total. The maximum Gasteiger partial charge on any atom is 0.0497 e. The molecular weight excluding hydrogens is 231 g/mol. The monoisotopic (exact) mass is 254 g/mol. The molecule has 84 valence electrons. The van der Waals surface area contributed by atoms with Crippen molar-refractivity contribution in [1.82, 2.24) is 0 Å². The van der Waals surface area contributed by atoms with Crippen LogP contribution < -0.4 is 0 Å². The summed E-state index contributed by atoms with van der Waals surface area (Å²) in [4.78, 5) is 0. The molecule has 0 spiro atoms. The van der Waals surface area contributed by atoms with Crippen LogP contribution in [0.4, 0.5) is 0 Å². The first-order valence-electron chi connectivity index (χ1n) is 5.64. The van der Waals surface area contributed by atoms with Crippen LogP contribution in [0.5, 0.6) is 0 Å². The molecule has 0 nitrogen and oxygen atoms in total. The summed E-state index contributed by atoms with van der Waals surface area (Å²) in [5.74, 6) is 2.28. The minimum absolute atomic E-state index is 0.910. The predicted octanol–water partition coefficient (Wildman–Crippen LogP) is 5.11. The van der Waals surface area contributed by atoms with Gasteiger partial charge in [-0.1, -0.05) is 65.7 Å². The van der Waals surface area contributed by atoms with E-state index >= 15 is 0 Å². The van der Waals surface area contributed by atoms with Gasteiger partial charge in [0.1, 0.15) is 0 Å². The third kappa shape index (κ3) is 3.55. The minimum atomic E-state index is -1.08. The van der Waals surface area contributed by atoms with Gasteiger partial charge in [0.15, 0.2) is 0 Å². The standard InChI is InChI=1S/C12H23PSi2/c1-14(2,3)12(15(4,5)6)11-9-7-8-10-13-11/h7-10,12H,1-6H3. The van der Waals surface area contributed by atoms with Crippen LogP contribution in [0, 0.1) is 0 Å². The molecule has 0 aliphatic carbocycles. The van der Waals surface area contributed by atoms with Crippen molar-refractivity contribution in [3.63, 3.8) is 0 Å². The molecule has 1 aromatic rings. The Labute approximate surface area is 98.2 Å². The fourth-order valence-electron chi connectivity index (χ4n) is 2.73. The molecule has 0 aliphatic heterocycles. The Morgan fingerprint density at radius 3 is 1.80 bits per heavy atom. The maximum absolute atomic E-state index is 2.52. The Kier molecular flexibility index (Phi) is 3.97. The van der Waals surface area contributed by atoms with E-state index in [9.17, 15) is 0 Å². The second-order valence-electron chi connectivity index (χ2n) is 6.42. The highest BCUT2D eigenvalue weighted by atomic mass is 31.0. The second kappa shape index (κ2) is 4.52. The van der Waals surface area contributed by atoms with Crippen LogP contribution in [0.1, 0.15) is 10.5 Å². The molecule has 0 saturated heterocycles. The Hall–Kier alpha value is 0.0838. The van der Waals surface area contributed by atoms with Crippen LogP contribution in [0.2, 0.25) is 39.3 Å². The average Bonchev–Trinajstić information content (AvgIpc) is 2.00. The zero-order chi connectivity index (χ0) is 11.7. The lowest BCUT2D eigenvalue weighted by Crippen LogP contribution is -2.46. The molecule has 0 aliphatic rings. The summed E-state index contributed by atoms with van der Waals surface area (Å²) >= 11 is 0. The first-order valence-corrected chi connectivity index (χ1v) is 13.8. The Morgan fingerprint density at radius 1 is 0.933 bits per heavy atom. The van der Waals surface area contributed by atoms with Crippen LogP contribution in [0.25, 0.3) is 0 Å². The summed E-state index contributed by atoms with van der Waals surface area (Å²) in [5, 5.41) is 2.59. The topological polar surface area (TPSA) is 0 Å². The number of rotatable bonds is 3. The van der Waals surface area contributed by atoms with Crippen LogP contribution >= 0.6 is 8.19 Å². The van der Waals surface area contributed by atoms with Gasteiger partial charge in [0, 0.05) is 16.1 Å². The molecule has 3 heteroatoms. The molecule has 1 heterocycles. The van der Waals surface area contributed by atoms with Gasteiger partial charge in [-0.15, -0.1) is 0 Å². The van der Waals surface area contributed by atoms with Gasteiger partial charge in [-0.05, 0) is 16.3 Å². The van der Waals surface area contributed by atoms with Gasteiger partial charge in [0.25, 0.3) is 0 Å². The highest BCUT2D eigenvalue weighted by Gasteiger charge is 2.38. The molecule has 0 saturated carbocycles. The summed E-state index contributed by atoms with van der Waals surface area (Å²) in [5.41, 5.74) is 0. The molecule has 0 amide bonds. The summed E-state index contributed by atoms with van der Waals surface area (Å²) in [6.45, 7) is 15.1. The van der Waals surface area contributed by atoms with Gasteiger partial charge in [0.2, 0.25) is 0 Å². The molecule has 15 heavy (non-hydrogen) atoms. The van der Waals surface area contributed by atoms with Gasteiger partial charge >= 0.3 is 0 Å². The second-order valence-corrected chi connectivity index (χ2v) is 18.7. The van der Waals surface area contributed by atoms with E-state index in [4.69, 9.17) is 0 Å². The summed E-state index contributed by atoms with van der Waals surface area (Å²) in [6.07, 6.45) is 0. The summed E-state index contributed by atoms with van der Waals surface area (Å²) in [6, 6.07) is 6.73. The molecular formula is C12H23PSi2. The Bertz CT molecular complexity index is 295. The van der Waals surface area contributed by atoms with E-state index in [1.807, 2.05) is 0 Å². The van der Waals surface area contributed by atoms with E-state index in [1.165, 1.54) is 8.19 Å². The van der Waals surface area contributed by atoms with Gasteiger partial charge in [-0.2, -0.15) is 0 Å². The zero-order valence-corrected chi connectivity index (χ0v) is 13.7. The lowest BCUT2D eigenvalue weighted by Gasteiger charge is -2.38. The van der Waals surface area contributed by atoms with E-state index in [-0.39, 0.29) is 0 Å². The van der Waals surface area contributed by atoms with Crippen molar-refractivity contribution >= 4 is 24.3 Å². The highest BCUT2D eigenvalue weighted by Crippen LogP contribution is 2.38. The van der Waals surface area contributed by atoms with Crippen molar-refractivity contribution < 1.29 is 0 Å². The van der Waals surface area contributed by atoms with Crippen LogP contribution in [0.15, 0.2) is 24.0 Å². The smallest absolute Gasteiger partial charge is 0.0497 e. The maximum atomic E-state index is 2.52. The molecule has 1 rings (SSSR count). The van der Waals surface area contributed by atoms with Crippen molar-refractivity contribution in [3.05, 3.63) is 29.3 Å². The van der Waals surface area contributed by atoms with Gasteiger partial charge in [-0.25, -0.2) is 0 Å². The lowest BCUT2D eigenvalue weighted by atomic mass is 10.5. The zero-order valence-electron chi connectivity index (χ0n) is 10.8. The van der Waals surface area contributed by atoms with Crippen LogP contribution in [-0.2, 0) is 0 Å². The van der Waals surface area contributed by atoms with Gasteiger partial charge in [-0.3, -0.25) is 0 Å². The third-order valence-electron chi connectivity index (χ3n) is 2.72. The first-order chi connectivity index (χ1) is 6.73. The average molecular weight is 254 g/mol. The van der Waals surface area contributed by atoms with Crippen LogP contribution in [-0.4, -0.2) is 16.1 Å². The molecule has 0 bridgehead atoms. The first kappa shape index (κ1) is 13.2. The fourth-order valence-corrected chi connectivity index (χ4v) is 18.5. The Balaban J connectivity index is 3.15. The van der Waals surface area contributed by atoms with Crippen molar-refractivity contribution in [2.24, 2.45) is 0 Å². The van der Waals surface area contributed by atoms with Crippen molar-refractivity contribution in [1.29, 1.82) is 0 Å². The van der Waals surface area contributed by atoms with E-state index < -0.39 is 16.1 Å². The number of hydrogen-bond donors (Lipinski definition) is 0. The number of hydrogen-bond acceptors (Lipinski definition) is 0. The van der Waals surface area contributed by atoms with Crippen LogP contribution in [0.3, 0.4) is 0 Å². The summed E-state index contributed by atoms with van der Waals surface area (Å²) in [7, 11) is -0.712. The quantitative estimate of drug-likeness (QED) is 0.658. The Morgan fingerprint density at radius 2 is 1.47 bits per heavy atom. The van der Waals surface area contributed by atoms with Crippen molar-refractivity contribution in [2.75, 3.05) is 0 Å². The van der Waals surface area contributed by atoms with Gasteiger partial charge < -0.3 is 0 Å². The normalized spacial score (nSPS) is 13.8. The predicted molar refractivity (Wildman–Crippen MR) is 78.4 cm³/mol. The third-order valence-corrected chi connectivity index (χ3v) is 13.5. The van der Waals surface area contributed by atoms with Crippen molar-refractivity contribution in [3.8, 4) is 0 Å².